The van der Waals surface area contributed by atoms with E-state index in [0.717, 1.165) is 17.7 Å². The molecule has 11 heteroatoms. The number of imidazole rings is 1. The van der Waals surface area contributed by atoms with Crippen molar-refractivity contribution >= 4 is 28.8 Å². The monoisotopic (exact) mass is 553 g/mol. The second-order valence-electron chi connectivity index (χ2n) is 9.57. The molecule has 3 aromatic heterocycles. The highest BCUT2D eigenvalue weighted by atomic mass is 35.5. The number of aryl methyl sites for hydroxylation is 1. The molecule has 0 bridgehead atoms. The topological polar surface area (TPSA) is 84.5 Å². The highest BCUT2D eigenvalue weighted by Crippen LogP contribution is 2.40. The van der Waals surface area contributed by atoms with Crippen LogP contribution in [0.15, 0.2) is 73.2 Å². The number of rotatable bonds is 5. The van der Waals surface area contributed by atoms with Crippen LogP contribution in [0.5, 0.6) is 0 Å². The lowest BCUT2D eigenvalue weighted by Crippen LogP contribution is -2.19. The van der Waals surface area contributed by atoms with Crippen molar-refractivity contribution in [2.75, 3.05) is 5.32 Å². The molecule has 0 fully saturated rings. The van der Waals surface area contributed by atoms with E-state index in [2.05, 4.69) is 15.4 Å². The van der Waals surface area contributed by atoms with Gasteiger partial charge in [-0.3, -0.25) is 13.9 Å². The number of hydrogen-bond acceptors (Lipinski definition) is 4. The molecule has 0 saturated heterocycles. The molecule has 5 aromatic rings. The summed E-state index contributed by atoms with van der Waals surface area (Å²) in [5.74, 6) is -0.732. The minimum Gasteiger partial charge on any atom is -0.384 e. The molecule has 200 valence electrons. The summed E-state index contributed by atoms with van der Waals surface area (Å²) in [5, 5.41) is 17.2. The van der Waals surface area contributed by atoms with E-state index >= 15 is 0 Å². The molecule has 2 N–H and O–H groups in total. The molecule has 0 aliphatic rings. The van der Waals surface area contributed by atoms with Crippen LogP contribution in [0.1, 0.15) is 35.5 Å². The number of halogens is 4. The van der Waals surface area contributed by atoms with Gasteiger partial charge in [0.25, 0.3) is 5.91 Å². The minimum absolute atomic E-state index is 0.0469. The third-order valence-electron chi connectivity index (χ3n) is 6.28. The van der Waals surface area contributed by atoms with Gasteiger partial charge >= 0.3 is 6.18 Å². The Hall–Kier alpha value is -4.15. The van der Waals surface area contributed by atoms with Crippen LogP contribution in [0, 0.1) is 0 Å². The summed E-state index contributed by atoms with van der Waals surface area (Å²) >= 11 is 6.26. The first kappa shape index (κ1) is 26.5. The standard InChI is InChI=1S/C28H23ClF3N5O2/c1-27(2,39)23-15-33-25-24(17(9-12-37(23)25)16-7-5-4-6-8-16)34-26(38)19-13-18(22-10-11-36(3)35-22)20(14-21(19)29)28(30,31)32/h4-15,39H,1-3H3,(H,34,38). The number of nitrogens with zero attached hydrogens (tertiary/aromatic N) is 4. The van der Waals surface area contributed by atoms with E-state index in [1.54, 1.807) is 37.6 Å². The summed E-state index contributed by atoms with van der Waals surface area (Å²) < 4.78 is 44.7. The van der Waals surface area contributed by atoms with Crippen LogP contribution < -0.4 is 5.32 Å². The average Bonchev–Trinajstić information content (AvgIpc) is 3.50. The molecule has 39 heavy (non-hydrogen) atoms. The van der Waals surface area contributed by atoms with Gasteiger partial charge in [0, 0.05) is 30.6 Å². The van der Waals surface area contributed by atoms with Gasteiger partial charge in [-0.25, -0.2) is 4.98 Å². The molecule has 0 aliphatic carbocycles. The number of benzene rings is 2. The lowest BCUT2D eigenvalue weighted by Gasteiger charge is -2.19. The van der Waals surface area contributed by atoms with Crippen molar-refractivity contribution in [3.8, 4) is 22.4 Å². The first-order valence-corrected chi connectivity index (χ1v) is 12.2. The Balaban J connectivity index is 1.67. The van der Waals surface area contributed by atoms with E-state index in [-0.39, 0.29) is 21.8 Å². The van der Waals surface area contributed by atoms with Gasteiger partial charge in [-0.05, 0) is 43.7 Å². The van der Waals surface area contributed by atoms with Crippen LogP contribution in [0.25, 0.3) is 28.0 Å². The predicted octanol–water partition coefficient (Wildman–Crippen LogP) is 6.55. The lowest BCUT2D eigenvalue weighted by molar-refractivity contribution is -0.137. The molecule has 0 spiro atoms. The van der Waals surface area contributed by atoms with Crippen LogP contribution in [0.2, 0.25) is 5.02 Å². The predicted molar refractivity (Wildman–Crippen MR) is 142 cm³/mol. The highest BCUT2D eigenvalue weighted by molar-refractivity contribution is 6.35. The maximum absolute atomic E-state index is 13.9. The van der Waals surface area contributed by atoms with Crippen LogP contribution in [0.4, 0.5) is 18.9 Å². The first-order valence-electron chi connectivity index (χ1n) is 11.8. The Kier molecular flexibility index (Phi) is 6.48. The highest BCUT2D eigenvalue weighted by Gasteiger charge is 2.36. The fourth-order valence-corrected chi connectivity index (χ4v) is 4.67. The molecule has 1 amide bonds. The van der Waals surface area contributed by atoms with Crippen molar-refractivity contribution in [2.45, 2.75) is 25.6 Å². The maximum Gasteiger partial charge on any atom is 0.417 e. The van der Waals surface area contributed by atoms with E-state index in [9.17, 15) is 23.1 Å². The zero-order valence-electron chi connectivity index (χ0n) is 21.1. The van der Waals surface area contributed by atoms with Gasteiger partial charge in [-0.1, -0.05) is 41.9 Å². The van der Waals surface area contributed by atoms with Gasteiger partial charge in [0.15, 0.2) is 5.65 Å². The minimum atomic E-state index is -4.72. The molecule has 7 nitrogen and oxygen atoms in total. The van der Waals surface area contributed by atoms with E-state index in [1.807, 2.05) is 30.3 Å². The second-order valence-corrected chi connectivity index (χ2v) is 9.98. The van der Waals surface area contributed by atoms with Gasteiger partial charge in [0.1, 0.15) is 5.60 Å². The quantitative estimate of drug-likeness (QED) is 0.258. The smallest absolute Gasteiger partial charge is 0.384 e. The largest absolute Gasteiger partial charge is 0.417 e. The second kappa shape index (κ2) is 9.55. The van der Waals surface area contributed by atoms with Crippen LogP contribution in [-0.4, -0.2) is 30.2 Å². The summed E-state index contributed by atoms with van der Waals surface area (Å²) in [7, 11) is 1.58. The summed E-state index contributed by atoms with van der Waals surface area (Å²) in [6.07, 6.45) is 0.0259. The van der Waals surface area contributed by atoms with Gasteiger partial charge in [-0.15, -0.1) is 0 Å². The third kappa shape index (κ3) is 5.00. The zero-order valence-corrected chi connectivity index (χ0v) is 21.8. The number of anilines is 1. The zero-order chi connectivity index (χ0) is 28.1. The summed E-state index contributed by atoms with van der Waals surface area (Å²) in [4.78, 5) is 18.1. The number of nitrogens with one attached hydrogen (secondary N) is 1. The summed E-state index contributed by atoms with van der Waals surface area (Å²) in [5.41, 5.74) is -0.0999. The first-order chi connectivity index (χ1) is 18.3. The number of aromatic nitrogens is 4. The van der Waals surface area contributed by atoms with Crippen molar-refractivity contribution in [2.24, 2.45) is 7.05 Å². The van der Waals surface area contributed by atoms with E-state index in [0.29, 0.717) is 22.6 Å². The summed E-state index contributed by atoms with van der Waals surface area (Å²) in [6, 6.07) is 14.3. The van der Waals surface area contributed by atoms with Crippen molar-refractivity contribution < 1.29 is 23.1 Å². The SMILES string of the molecule is Cn1ccc(-c2cc(C(=O)Nc3c(-c4ccccc4)ccn4c(C(C)(C)O)cnc34)c(Cl)cc2C(F)(F)F)n1. The molecule has 0 radical (unpaired) electrons. The Morgan fingerprint density at radius 2 is 1.74 bits per heavy atom. The normalized spacial score (nSPS) is 12.2. The lowest BCUT2D eigenvalue weighted by atomic mass is 9.99. The molecular weight excluding hydrogens is 531 g/mol. The number of carbonyl (C=O) groups excluding carboxylic acids is 1. The van der Waals surface area contributed by atoms with Crippen molar-refractivity contribution in [3.05, 3.63) is 95.0 Å². The molecule has 5 rings (SSSR count). The number of alkyl halides is 3. The van der Waals surface area contributed by atoms with E-state index in [1.165, 1.54) is 23.1 Å². The van der Waals surface area contributed by atoms with Crippen LogP contribution >= 0.6 is 11.6 Å². The Morgan fingerprint density at radius 3 is 2.36 bits per heavy atom. The number of hydrogen-bond donors (Lipinski definition) is 2. The van der Waals surface area contributed by atoms with Gasteiger partial charge in [0.2, 0.25) is 0 Å². The number of amides is 1. The van der Waals surface area contributed by atoms with Gasteiger partial charge in [0.05, 0.1) is 39.4 Å². The number of fused-ring (bicyclic) bond motifs is 1. The van der Waals surface area contributed by atoms with Gasteiger partial charge in [-0.2, -0.15) is 18.3 Å². The number of pyridine rings is 1. The van der Waals surface area contributed by atoms with Crippen molar-refractivity contribution in [1.82, 2.24) is 19.2 Å². The van der Waals surface area contributed by atoms with Crippen molar-refractivity contribution in [1.29, 1.82) is 0 Å². The van der Waals surface area contributed by atoms with Gasteiger partial charge < -0.3 is 10.4 Å². The fraction of sp³-hybridized carbons (Fsp3) is 0.179. The molecule has 2 aromatic carbocycles. The Morgan fingerprint density at radius 1 is 1.03 bits per heavy atom. The van der Waals surface area contributed by atoms with E-state index in [4.69, 9.17) is 11.6 Å². The molecule has 0 atom stereocenters. The molecule has 0 unspecified atom stereocenters. The maximum atomic E-state index is 13.9. The number of carbonyl (C=O) groups is 1. The fourth-order valence-electron chi connectivity index (χ4n) is 4.42. The molecule has 0 saturated carbocycles. The molecular formula is C28H23ClF3N5O2. The van der Waals surface area contributed by atoms with Crippen LogP contribution in [-0.2, 0) is 18.8 Å². The van der Waals surface area contributed by atoms with Crippen LogP contribution in [0.3, 0.4) is 0 Å². The molecule has 0 aliphatic heterocycles. The average molecular weight is 554 g/mol. The Bertz CT molecular complexity index is 1700. The molecule has 3 heterocycles. The van der Waals surface area contributed by atoms with E-state index < -0.39 is 23.2 Å². The van der Waals surface area contributed by atoms with Crippen molar-refractivity contribution in [3.63, 3.8) is 0 Å². The summed E-state index contributed by atoms with van der Waals surface area (Å²) in [6.45, 7) is 3.22. The number of aliphatic hydroxyl groups is 1. The Labute approximate surface area is 226 Å². The third-order valence-corrected chi connectivity index (χ3v) is 6.59.